The number of guanidine groups is 1. The van der Waals surface area contributed by atoms with Crippen molar-refractivity contribution in [2.75, 3.05) is 45.9 Å². The predicted molar refractivity (Wildman–Crippen MR) is 95.9 cm³/mol. The van der Waals surface area contributed by atoms with E-state index in [0.717, 1.165) is 64.7 Å². The Labute approximate surface area is 140 Å². The second-order valence-corrected chi connectivity index (χ2v) is 5.54. The second kappa shape index (κ2) is 12.6. The number of halogens is 1. The van der Waals surface area contributed by atoms with Gasteiger partial charge in [0.1, 0.15) is 0 Å². The summed E-state index contributed by atoms with van der Waals surface area (Å²) in [5, 5.41) is 3.17. The van der Waals surface area contributed by atoms with Crippen LogP contribution >= 0.6 is 24.0 Å². The lowest BCUT2D eigenvalue weighted by molar-refractivity contribution is 0.0377. The van der Waals surface area contributed by atoms with E-state index in [0.29, 0.717) is 5.96 Å². The number of hydrogen-bond acceptors (Lipinski definition) is 3. The van der Waals surface area contributed by atoms with Crippen LogP contribution < -0.4 is 11.1 Å². The van der Waals surface area contributed by atoms with Gasteiger partial charge in [-0.25, -0.2) is 0 Å². The minimum Gasteiger partial charge on any atom is -0.379 e. The molecule has 1 aliphatic heterocycles. The molecular formula is C14H31IN4O. The molecule has 0 amide bonds. The van der Waals surface area contributed by atoms with Crippen molar-refractivity contribution in [2.24, 2.45) is 16.6 Å². The first kappa shape index (κ1) is 19.9. The highest BCUT2D eigenvalue weighted by Crippen LogP contribution is 2.01. The highest BCUT2D eigenvalue weighted by Gasteiger charge is 2.08. The third-order valence-corrected chi connectivity index (χ3v) is 3.28. The van der Waals surface area contributed by atoms with Crippen LogP contribution in [0, 0.1) is 5.92 Å². The van der Waals surface area contributed by atoms with Crippen LogP contribution in [0.25, 0.3) is 0 Å². The Bertz CT molecular complexity index is 256. The van der Waals surface area contributed by atoms with Gasteiger partial charge in [0, 0.05) is 32.7 Å². The normalized spacial score (nSPS) is 17.1. The summed E-state index contributed by atoms with van der Waals surface area (Å²) in [6, 6.07) is 0. The van der Waals surface area contributed by atoms with E-state index in [1.807, 2.05) is 0 Å². The quantitative estimate of drug-likeness (QED) is 0.283. The maximum absolute atomic E-state index is 5.82. The molecule has 20 heavy (non-hydrogen) atoms. The Morgan fingerprint density at radius 1 is 1.30 bits per heavy atom. The van der Waals surface area contributed by atoms with Crippen LogP contribution in [0.2, 0.25) is 0 Å². The summed E-state index contributed by atoms with van der Waals surface area (Å²) in [5.41, 5.74) is 5.82. The van der Waals surface area contributed by atoms with E-state index in [9.17, 15) is 0 Å². The molecule has 1 heterocycles. The van der Waals surface area contributed by atoms with Gasteiger partial charge in [-0.2, -0.15) is 0 Å². The van der Waals surface area contributed by atoms with E-state index in [4.69, 9.17) is 10.5 Å². The first-order valence-electron chi connectivity index (χ1n) is 7.52. The smallest absolute Gasteiger partial charge is 0.188 e. The monoisotopic (exact) mass is 398 g/mol. The molecule has 0 unspecified atom stereocenters. The number of aliphatic imine (C=N–C) groups is 1. The zero-order valence-electron chi connectivity index (χ0n) is 12.9. The molecule has 0 saturated carbocycles. The Balaban J connectivity index is 0.00000361. The molecule has 1 saturated heterocycles. The minimum absolute atomic E-state index is 0. The average Bonchev–Trinajstić information content (AvgIpc) is 2.41. The van der Waals surface area contributed by atoms with Gasteiger partial charge in [0.15, 0.2) is 5.96 Å². The van der Waals surface area contributed by atoms with Crippen molar-refractivity contribution in [1.82, 2.24) is 10.2 Å². The number of morpholine rings is 1. The molecule has 3 N–H and O–H groups in total. The summed E-state index contributed by atoms with van der Waals surface area (Å²) in [5.74, 6) is 1.35. The lowest BCUT2D eigenvalue weighted by Gasteiger charge is -2.26. The van der Waals surface area contributed by atoms with Crippen molar-refractivity contribution in [3.8, 4) is 0 Å². The van der Waals surface area contributed by atoms with Crippen LogP contribution in [0.5, 0.6) is 0 Å². The van der Waals surface area contributed by atoms with Crippen molar-refractivity contribution in [1.29, 1.82) is 0 Å². The van der Waals surface area contributed by atoms with Gasteiger partial charge in [0.2, 0.25) is 0 Å². The Morgan fingerprint density at radius 2 is 2.00 bits per heavy atom. The second-order valence-electron chi connectivity index (χ2n) is 5.54. The number of hydrogen-bond donors (Lipinski definition) is 2. The van der Waals surface area contributed by atoms with Crippen LogP contribution in [-0.2, 0) is 4.74 Å². The van der Waals surface area contributed by atoms with Crippen molar-refractivity contribution < 1.29 is 4.74 Å². The largest absolute Gasteiger partial charge is 0.379 e. The number of ether oxygens (including phenoxy) is 1. The van der Waals surface area contributed by atoms with Gasteiger partial charge in [-0.1, -0.05) is 13.8 Å². The molecule has 1 rings (SSSR count). The van der Waals surface area contributed by atoms with Gasteiger partial charge in [-0.15, -0.1) is 24.0 Å². The van der Waals surface area contributed by atoms with Gasteiger partial charge >= 0.3 is 0 Å². The molecular weight excluding hydrogens is 367 g/mol. The van der Waals surface area contributed by atoms with Gasteiger partial charge in [0.25, 0.3) is 0 Å². The molecule has 5 nitrogen and oxygen atoms in total. The molecule has 1 fully saturated rings. The van der Waals surface area contributed by atoms with Crippen LogP contribution in [0.4, 0.5) is 0 Å². The molecule has 0 spiro atoms. The predicted octanol–water partition coefficient (Wildman–Crippen LogP) is 1.67. The van der Waals surface area contributed by atoms with Gasteiger partial charge < -0.3 is 15.8 Å². The SMILES string of the molecule is CC(C)CCCNC(N)=NCCCN1CCOCC1.I. The average molecular weight is 398 g/mol. The third-order valence-electron chi connectivity index (χ3n) is 3.28. The van der Waals surface area contributed by atoms with Crippen LogP contribution in [0.3, 0.4) is 0 Å². The molecule has 6 heteroatoms. The number of rotatable bonds is 8. The van der Waals surface area contributed by atoms with Crippen molar-refractivity contribution >= 4 is 29.9 Å². The molecule has 1 aliphatic rings. The van der Waals surface area contributed by atoms with E-state index in [1.54, 1.807) is 0 Å². The van der Waals surface area contributed by atoms with Crippen LogP contribution in [0.15, 0.2) is 4.99 Å². The summed E-state index contributed by atoms with van der Waals surface area (Å²) in [6.45, 7) is 11.1. The van der Waals surface area contributed by atoms with E-state index in [2.05, 4.69) is 29.1 Å². The van der Waals surface area contributed by atoms with Crippen LogP contribution in [-0.4, -0.2) is 56.8 Å². The maximum atomic E-state index is 5.82. The zero-order chi connectivity index (χ0) is 13.9. The zero-order valence-corrected chi connectivity index (χ0v) is 15.3. The highest BCUT2D eigenvalue weighted by atomic mass is 127. The topological polar surface area (TPSA) is 62.9 Å². The van der Waals surface area contributed by atoms with E-state index < -0.39 is 0 Å². The van der Waals surface area contributed by atoms with Gasteiger partial charge in [-0.05, 0) is 25.2 Å². The molecule has 0 aliphatic carbocycles. The van der Waals surface area contributed by atoms with E-state index >= 15 is 0 Å². The van der Waals surface area contributed by atoms with Gasteiger partial charge in [0.05, 0.1) is 13.2 Å². The molecule has 0 bridgehead atoms. The van der Waals surface area contributed by atoms with Crippen molar-refractivity contribution in [3.05, 3.63) is 0 Å². The lowest BCUT2D eigenvalue weighted by Crippen LogP contribution is -2.37. The third kappa shape index (κ3) is 10.7. The van der Waals surface area contributed by atoms with Crippen molar-refractivity contribution in [2.45, 2.75) is 33.1 Å². The summed E-state index contributed by atoms with van der Waals surface area (Å²) in [4.78, 5) is 6.77. The fourth-order valence-electron chi connectivity index (χ4n) is 2.10. The highest BCUT2D eigenvalue weighted by molar-refractivity contribution is 14.0. The Morgan fingerprint density at radius 3 is 2.65 bits per heavy atom. The minimum atomic E-state index is 0. The number of nitrogens with two attached hydrogens (primary N) is 1. The van der Waals surface area contributed by atoms with E-state index in [1.165, 1.54) is 6.42 Å². The first-order chi connectivity index (χ1) is 9.18. The lowest BCUT2D eigenvalue weighted by atomic mass is 10.1. The van der Waals surface area contributed by atoms with Crippen molar-refractivity contribution in [3.63, 3.8) is 0 Å². The van der Waals surface area contributed by atoms with E-state index in [-0.39, 0.29) is 24.0 Å². The molecule has 120 valence electrons. The molecule has 0 atom stereocenters. The Kier molecular flexibility index (Phi) is 12.6. The summed E-state index contributed by atoms with van der Waals surface area (Å²) in [6.07, 6.45) is 3.45. The number of nitrogens with one attached hydrogen (secondary N) is 1. The summed E-state index contributed by atoms with van der Waals surface area (Å²) in [7, 11) is 0. The Hall–Kier alpha value is -0.0800. The summed E-state index contributed by atoms with van der Waals surface area (Å²) >= 11 is 0. The maximum Gasteiger partial charge on any atom is 0.188 e. The van der Waals surface area contributed by atoms with Crippen LogP contribution in [0.1, 0.15) is 33.1 Å². The number of nitrogens with zero attached hydrogens (tertiary/aromatic N) is 2. The molecule has 0 aromatic rings. The fourth-order valence-corrected chi connectivity index (χ4v) is 2.10. The van der Waals surface area contributed by atoms with Gasteiger partial charge in [-0.3, -0.25) is 9.89 Å². The fraction of sp³-hybridized carbons (Fsp3) is 0.929. The standard InChI is InChI=1S/C14H30N4O.HI/c1-13(2)5-3-6-16-14(15)17-7-4-8-18-9-11-19-12-10-18;/h13H,3-12H2,1-2H3,(H3,15,16,17);1H. The molecule has 0 aromatic heterocycles. The summed E-state index contributed by atoms with van der Waals surface area (Å²) < 4.78 is 5.32. The molecule has 0 radical (unpaired) electrons. The molecule has 0 aromatic carbocycles. The first-order valence-corrected chi connectivity index (χ1v) is 7.52.